The van der Waals surface area contributed by atoms with Crippen molar-refractivity contribution in [2.75, 3.05) is 0 Å². The maximum Gasteiger partial charge on any atom is 0.437 e. The number of halogens is 1. The van der Waals surface area contributed by atoms with Gasteiger partial charge >= 0.3 is 5.76 Å². The Labute approximate surface area is 167 Å². The van der Waals surface area contributed by atoms with Crippen molar-refractivity contribution >= 4 is 17.2 Å². The second-order valence-corrected chi connectivity index (χ2v) is 7.07. The van der Waals surface area contributed by atoms with E-state index in [0.717, 1.165) is 21.6 Å². The van der Waals surface area contributed by atoms with Crippen molar-refractivity contribution in [1.29, 1.82) is 0 Å². The van der Waals surface area contributed by atoms with Crippen molar-refractivity contribution in [3.05, 3.63) is 86.5 Å². The lowest BCUT2D eigenvalue weighted by molar-refractivity contribution is 0.0950. The van der Waals surface area contributed by atoms with Gasteiger partial charge in [0.1, 0.15) is 17.4 Å². The number of amides is 1. The molecule has 2 heterocycles. The maximum absolute atomic E-state index is 13.0. The third-order valence-electron chi connectivity index (χ3n) is 3.94. The van der Waals surface area contributed by atoms with Gasteiger partial charge in [-0.05, 0) is 29.8 Å². The molecule has 0 atom stereocenters. The summed E-state index contributed by atoms with van der Waals surface area (Å²) in [5.41, 5.74) is 1.44. The standard InChI is InChI=1S/C19H14FN5O3S/c20-14-8-6-13(7-9-14)17-24-25(19(27)28-17)11-15-22-23-18(29-15)16(26)21-10-12-4-2-1-3-5-12/h1-9H,10-11H2,(H,21,26). The molecular formula is C19H14FN5O3S. The van der Waals surface area contributed by atoms with Gasteiger partial charge in [0.05, 0.1) is 0 Å². The molecule has 0 saturated heterocycles. The van der Waals surface area contributed by atoms with Gasteiger partial charge < -0.3 is 9.73 Å². The Hall–Kier alpha value is -3.66. The number of hydrogen-bond donors (Lipinski definition) is 1. The molecule has 0 aliphatic heterocycles. The highest BCUT2D eigenvalue weighted by molar-refractivity contribution is 7.13. The number of hydrogen-bond acceptors (Lipinski definition) is 7. The maximum atomic E-state index is 13.0. The summed E-state index contributed by atoms with van der Waals surface area (Å²) < 4.78 is 19.2. The molecule has 10 heteroatoms. The molecule has 0 aliphatic rings. The fourth-order valence-electron chi connectivity index (χ4n) is 2.51. The number of aromatic nitrogens is 4. The first-order valence-electron chi connectivity index (χ1n) is 8.57. The lowest BCUT2D eigenvalue weighted by atomic mass is 10.2. The number of rotatable bonds is 6. The Morgan fingerprint density at radius 3 is 2.62 bits per heavy atom. The van der Waals surface area contributed by atoms with Gasteiger partial charge in [0.25, 0.3) is 5.91 Å². The second kappa shape index (κ2) is 8.15. The van der Waals surface area contributed by atoms with Crippen LogP contribution in [0.4, 0.5) is 4.39 Å². The van der Waals surface area contributed by atoms with E-state index in [1.807, 2.05) is 30.3 Å². The average molecular weight is 411 g/mol. The van der Waals surface area contributed by atoms with Crippen molar-refractivity contribution in [2.45, 2.75) is 13.1 Å². The molecule has 2 aromatic heterocycles. The molecule has 4 rings (SSSR count). The fraction of sp³-hybridized carbons (Fsp3) is 0.105. The zero-order valence-corrected chi connectivity index (χ0v) is 15.7. The zero-order valence-electron chi connectivity index (χ0n) is 14.9. The molecule has 146 valence electrons. The van der Waals surface area contributed by atoms with Crippen LogP contribution in [0.3, 0.4) is 0 Å². The highest BCUT2D eigenvalue weighted by Crippen LogP contribution is 2.16. The van der Waals surface area contributed by atoms with Crippen molar-refractivity contribution < 1.29 is 13.6 Å². The third kappa shape index (κ3) is 4.43. The van der Waals surface area contributed by atoms with E-state index in [-0.39, 0.29) is 23.4 Å². The van der Waals surface area contributed by atoms with E-state index >= 15 is 0 Å². The smallest absolute Gasteiger partial charge is 0.388 e. The molecule has 1 amide bonds. The lowest BCUT2D eigenvalue weighted by Crippen LogP contribution is -2.22. The van der Waals surface area contributed by atoms with E-state index in [2.05, 4.69) is 20.6 Å². The highest BCUT2D eigenvalue weighted by Gasteiger charge is 2.16. The number of nitrogens with one attached hydrogen (secondary N) is 1. The Kier molecular flexibility index (Phi) is 5.25. The molecule has 0 unspecified atom stereocenters. The first-order valence-corrected chi connectivity index (χ1v) is 9.38. The molecule has 29 heavy (non-hydrogen) atoms. The van der Waals surface area contributed by atoms with Crippen LogP contribution in [0.2, 0.25) is 0 Å². The average Bonchev–Trinajstić information content (AvgIpc) is 3.35. The topological polar surface area (TPSA) is 103 Å². The molecule has 4 aromatic rings. The first-order chi connectivity index (χ1) is 14.1. The number of carbonyl (C=O) groups excluding carboxylic acids is 1. The molecule has 0 aliphatic carbocycles. The van der Waals surface area contributed by atoms with Crippen molar-refractivity contribution in [1.82, 2.24) is 25.3 Å². The number of benzene rings is 2. The van der Waals surface area contributed by atoms with Gasteiger partial charge in [-0.3, -0.25) is 4.79 Å². The van der Waals surface area contributed by atoms with Crippen LogP contribution in [0.25, 0.3) is 11.5 Å². The predicted molar refractivity (Wildman–Crippen MR) is 103 cm³/mol. The van der Waals surface area contributed by atoms with Crippen molar-refractivity contribution in [3.8, 4) is 11.5 Å². The van der Waals surface area contributed by atoms with Crippen LogP contribution >= 0.6 is 11.3 Å². The van der Waals surface area contributed by atoms with E-state index in [1.54, 1.807) is 0 Å². The highest BCUT2D eigenvalue weighted by atomic mass is 32.1. The summed E-state index contributed by atoms with van der Waals surface area (Å²) in [4.78, 5) is 24.3. The van der Waals surface area contributed by atoms with E-state index in [1.165, 1.54) is 24.3 Å². The summed E-state index contributed by atoms with van der Waals surface area (Å²) >= 11 is 1.06. The Morgan fingerprint density at radius 2 is 1.86 bits per heavy atom. The molecule has 2 aromatic carbocycles. The fourth-order valence-corrected chi connectivity index (χ4v) is 3.24. The number of carbonyl (C=O) groups is 1. The quantitative estimate of drug-likeness (QED) is 0.523. The summed E-state index contributed by atoms with van der Waals surface area (Å²) in [5.74, 6) is -1.37. The van der Waals surface area contributed by atoms with Crippen LogP contribution in [0.15, 0.2) is 63.8 Å². The van der Waals surface area contributed by atoms with Crippen LogP contribution < -0.4 is 11.1 Å². The minimum Gasteiger partial charge on any atom is -0.388 e. The molecule has 0 bridgehead atoms. The van der Waals surface area contributed by atoms with E-state index in [9.17, 15) is 14.0 Å². The summed E-state index contributed by atoms with van der Waals surface area (Å²) in [6.45, 7) is 0.380. The Balaban J connectivity index is 1.43. The third-order valence-corrected chi connectivity index (χ3v) is 4.85. The van der Waals surface area contributed by atoms with E-state index in [0.29, 0.717) is 17.1 Å². The van der Waals surface area contributed by atoms with Gasteiger partial charge in [-0.1, -0.05) is 41.7 Å². The van der Waals surface area contributed by atoms with Gasteiger partial charge in [-0.15, -0.1) is 15.3 Å². The summed E-state index contributed by atoms with van der Waals surface area (Å²) in [6.07, 6.45) is 0. The largest absolute Gasteiger partial charge is 0.437 e. The van der Waals surface area contributed by atoms with Gasteiger partial charge in [-0.2, -0.15) is 4.68 Å². The van der Waals surface area contributed by atoms with E-state index < -0.39 is 11.6 Å². The van der Waals surface area contributed by atoms with Crippen LogP contribution in [-0.2, 0) is 13.1 Å². The Morgan fingerprint density at radius 1 is 1.10 bits per heavy atom. The summed E-state index contributed by atoms with van der Waals surface area (Å²) in [7, 11) is 0. The minimum absolute atomic E-state index is 0.00710. The van der Waals surface area contributed by atoms with Gasteiger partial charge in [0.2, 0.25) is 10.9 Å². The summed E-state index contributed by atoms with van der Waals surface area (Å²) in [5, 5.41) is 15.3. The molecule has 8 nitrogen and oxygen atoms in total. The SMILES string of the molecule is O=C(NCc1ccccc1)c1nnc(Cn2nc(-c3ccc(F)cc3)oc2=O)s1. The van der Waals surface area contributed by atoms with Gasteiger partial charge in [0, 0.05) is 12.1 Å². The molecule has 1 N–H and O–H groups in total. The summed E-state index contributed by atoms with van der Waals surface area (Å²) in [6, 6.07) is 14.9. The van der Waals surface area contributed by atoms with Gasteiger partial charge in [0.15, 0.2) is 0 Å². The number of nitrogens with zero attached hydrogens (tertiary/aromatic N) is 4. The molecular weight excluding hydrogens is 397 g/mol. The molecule has 0 spiro atoms. The van der Waals surface area contributed by atoms with E-state index in [4.69, 9.17) is 4.42 Å². The molecule has 0 saturated carbocycles. The van der Waals surface area contributed by atoms with Crippen LogP contribution in [0.5, 0.6) is 0 Å². The van der Waals surface area contributed by atoms with Crippen LogP contribution in [0.1, 0.15) is 20.4 Å². The minimum atomic E-state index is -0.686. The first kappa shape index (κ1) is 18.7. The second-order valence-electron chi connectivity index (χ2n) is 6.01. The van der Waals surface area contributed by atoms with Crippen LogP contribution in [0, 0.1) is 5.82 Å². The van der Waals surface area contributed by atoms with Crippen molar-refractivity contribution in [3.63, 3.8) is 0 Å². The van der Waals surface area contributed by atoms with Gasteiger partial charge in [-0.25, -0.2) is 9.18 Å². The Bertz CT molecular complexity index is 1180. The lowest BCUT2D eigenvalue weighted by Gasteiger charge is -2.02. The molecule has 0 fully saturated rings. The normalized spacial score (nSPS) is 10.8. The van der Waals surface area contributed by atoms with Crippen molar-refractivity contribution in [2.24, 2.45) is 0 Å². The molecule has 0 radical (unpaired) electrons. The monoisotopic (exact) mass is 411 g/mol. The zero-order chi connectivity index (χ0) is 20.2. The van der Waals surface area contributed by atoms with Crippen LogP contribution in [-0.4, -0.2) is 25.9 Å². The predicted octanol–water partition coefficient (Wildman–Crippen LogP) is 2.47.